The van der Waals surface area contributed by atoms with E-state index in [9.17, 15) is 4.79 Å². The summed E-state index contributed by atoms with van der Waals surface area (Å²) in [6.07, 6.45) is 1.06. The number of hydrogen-bond acceptors (Lipinski definition) is 2. The molecule has 1 N–H and O–H groups in total. The summed E-state index contributed by atoms with van der Waals surface area (Å²) in [6, 6.07) is 11.8. The minimum absolute atomic E-state index is 0.311. The number of carboxylic acids is 1. The van der Waals surface area contributed by atoms with E-state index in [0.717, 1.165) is 23.3 Å². The molecule has 108 valence electrons. The molecule has 0 heterocycles. The van der Waals surface area contributed by atoms with Gasteiger partial charge in [0.1, 0.15) is 5.75 Å². The van der Waals surface area contributed by atoms with Crippen LogP contribution in [0.3, 0.4) is 0 Å². The highest BCUT2D eigenvalue weighted by molar-refractivity contribution is 5.88. The molecule has 3 nitrogen and oxygen atoms in total. The van der Waals surface area contributed by atoms with Gasteiger partial charge in [0.2, 0.25) is 0 Å². The van der Waals surface area contributed by atoms with E-state index in [1.165, 1.54) is 11.1 Å². The van der Waals surface area contributed by atoms with Crippen molar-refractivity contribution in [1.82, 2.24) is 0 Å². The second-order valence-electron chi connectivity index (χ2n) is 5.66. The van der Waals surface area contributed by atoms with E-state index in [1.54, 1.807) is 12.1 Å². The van der Waals surface area contributed by atoms with Gasteiger partial charge in [-0.1, -0.05) is 24.3 Å². The summed E-state index contributed by atoms with van der Waals surface area (Å²) >= 11 is 0. The van der Waals surface area contributed by atoms with Crippen LogP contribution in [0, 0.1) is 13.8 Å². The van der Waals surface area contributed by atoms with Crippen LogP contribution in [0.1, 0.15) is 38.5 Å². The van der Waals surface area contributed by atoms with Crippen LogP contribution in [-0.4, -0.2) is 17.7 Å². The molecule has 0 amide bonds. The van der Waals surface area contributed by atoms with Gasteiger partial charge in [-0.05, 0) is 54.7 Å². The average Bonchev–Trinajstić information content (AvgIpc) is 2.42. The number of aryl methyl sites for hydroxylation is 2. The summed E-state index contributed by atoms with van der Waals surface area (Å²) in [5, 5.41) is 9.06. The monoisotopic (exact) mass is 282 g/mol. The fourth-order valence-corrected chi connectivity index (χ4v) is 3.00. The molecule has 0 fully saturated rings. The van der Waals surface area contributed by atoms with Gasteiger partial charge in [0.15, 0.2) is 0 Å². The van der Waals surface area contributed by atoms with Crippen LogP contribution in [0.2, 0.25) is 0 Å². The predicted molar refractivity (Wildman–Crippen MR) is 81.3 cm³/mol. The van der Waals surface area contributed by atoms with E-state index in [2.05, 4.69) is 24.3 Å². The van der Waals surface area contributed by atoms with Crippen LogP contribution in [-0.2, 0) is 6.42 Å². The molecule has 2 aromatic rings. The van der Waals surface area contributed by atoms with Gasteiger partial charge in [-0.15, -0.1) is 0 Å². The van der Waals surface area contributed by atoms with Crippen LogP contribution < -0.4 is 4.74 Å². The van der Waals surface area contributed by atoms with Gasteiger partial charge in [0.25, 0.3) is 0 Å². The lowest BCUT2D eigenvalue weighted by atomic mass is 9.78. The predicted octanol–water partition coefficient (Wildman–Crippen LogP) is 3.72. The number of fused-ring (bicyclic) bond motifs is 1. The van der Waals surface area contributed by atoms with Crippen molar-refractivity contribution >= 4 is 5.97 Å². The number of ether oxygens (including phenoxy) is 1. The number of rotatable bonds is 4. The van der Waals surface area contributed by atoms with E-state index in [4.69, 9.17) is 9.84 Å². The molecular formula is C18H18O3. The molecule has 1 aliphatic rings. The zero-order valence-corrected chi connectivity index (χ0v) is 12.2. The Hall–Kier alpha value is -2.29. The van der Waals surface area contributed by atoms with Gasteiger partial charge < -0.3 is 9.84 Å². The summed E-state index contributed by atoms with van der Waals surface area (Å²) in [5.74, 6) is 0.351. The van der Waals surface area contributed by atoms with Crippen molar-refractivity contribution in [2.75, 3.05) is 6.61 Å². The van der Waals surface area contributed by atoms with Crippen molar-refractivity contribution in [1.29, 1.82) is 0 Å². The molecule has 1 aliphatic carbocycles. The summed E-state index contributed by atoms with van der Waals surface area (Å²) < 4.78 is 5.97. The van der Waals surface area contributed by atoms with Crippen molar-refractivity contribution in [2.45, 2.75) is 26.2 Å². The molecule has 0 spiro atoms. The largest absolute Gasteiger partial charge is 0.492 e. The lowest BCUT2D eigenvalue weighted by Crippen LogP contribution is -2.23. The number of hydrogen-bond donors (Lipinski definition) is 1. The third kappa shape index (κ3) is 2.51. The molecule has 0 aliphatic heterocycles. The van der Waals surface area contributed by atoms with Crippen molar-refractivity contribution in [2.24, 2.45) is 0 Å². The fourth-order valence-electron chi connectivity index (χ4n) is 3.00. The number of carboxylic acid groups (broad SMARTS) is 1. The van der Waals surface area contributed by atoms with E-state index >= 15 is 0 Å². The molecule has 1 unspecified atom stereocenters. The van der Waals surface area contributed by atoms with Crippen LogP contribution in [0.25, 0.3) is 0 Å². The van der Waals surface area contributed by atoms with E-state index in [0.29, 0.717) is 18.1 Å². The maximum atomic E-state index is 11.0. The maximum absolute atomic E-state index is 11.0. The minimum Gasteiger partial charge on any atom is -0.492 e. The Balaban J connectivity index is 1.74. The summed E-state index contributed by atoms with van der Waals surface area (Å²) in [7, 11) is 0. The smallest absolute Gasteiger partial charge is 0.335 e. The normalized spacial score (nSPS) is 16.0. The first kappa shape index (κ1) is 13.7. The topological polar surface area (TPSA) is 46.5 Å². The van der Waals surface area contributed by atoms with E-state index in [-0.39, 0.29) is 0 Å². The SMILES string of the molecule is Cc1cc(C(=O)O)cc(C)c1OCC1Cc2ccccc21. The molecule has 2 aromatic carbocycles. The molecule has 0 saturated heterocycles. The Labute approximate surface area is 124 Å². The quantitative estimate of drug-likeness (QED) is 0.929. The highest BCUT2D eigenvalue weighted by Crippen LogP contribution is 2.36. The second kappa shape index (κ2) is 5.24. The van der Waals surface area contributed by atoms with Gasteiger partial charge in [0.05, 0.1) is 12.2 Å². The number of benzene rings is 2. The molecule has 0 aromatic heterocycles. The van der Waals surface area contributed by atoms with Gasteiger partial charge in [-0.25, -0.2) is 4.79 Å². The zero-order chi connectivity index (χ0) is 15.0. The standard InChI is InChI=1S/C18H18O3/c1-11-7-14(18(19)20)8-12(2)17(11)21-10-15-9-13-5-3-4-6-16(13)15/h3-8,15H,9-10H2,1-2H3,(H,19,20). The first-order valence-electron chi connectivity index (χ1n) is 7.11. The van der Waals surface area contributed by atoms with Crippen molar-refractivity contribution in [3.63, 3.8) is 0 Å². The Morgan fingerprint density at radius 2 is 1.90 bits per heavy atom. The molecular weight excluding hydrogens is 264 g/mol. The minimum atomic E-state index is -0.902. The summed E-state index contributed by atoms with van der Waals surface area (Å²) in [5.41, 5.74) is 4.84. The van der Waals surface area contributed by atoms with Gasteiger partial charge in [-0.3, -0.25) is 0 Å². The molecule has 3 heteroatoms. The summed E-state index contributed by atoms with van der Waals surface area (Å²) in [4.78, 5) is 11.0. The molecule has 21 heavy (non-hydrogen) atoms. The molecule has 0 saturated carbocycles. The number of aromatic carboxylic acids is 1. The highest BCUT2D eigenvalue weighted by Gasteiger charge is 2.26. The highest BCUT2D eigenvalue weighted by atomic mass is 16.5. The third-order valence-electron chi connectivity index (χ3n) is 4.10. The summed E-state index contributed by atoms with van der Waals surface area (Å²) in [6.45, 7) is 4.43. The molecule has 0 radical (unpaired) electrons. The Bertz CT molecular complexity index is 680. The second-order valence-corrected chi connectivity index (χ2v) is 5.66. The number of carbonyl (C=O) groups is 1. The van der Waals surface area contributed by atoms with E-state index in [1.807, 2.05) is 13.8 Å². The van der Waals surface area contributed by atoms with Crippen LogP contribution >= 0.6 is 0 Å². The van der Waals surface area contributed by atoms with Crippen LogP contribution in [0.4, 0.5) is 0 Å². The molecule has 0 bridgehead atoms. The Morgan fingerprint density at radius 1 is 1.24 bits per heavy atom. The fraction of sp³-hybridized carbons (Fsp3) is 0.278. The zero-order valence-electron chi connectivity index (χ0n) is 12.2. The van der Waals surface area contributed by atoms with Gasteiger partial charge in [0, 0.05) is 5.92 Å². The Kier molecular flexibility index (Phi) is 3.42. The molecule has 3 rings (SSSR count). The first-order valence-corrected chi connectivity index (χ1v) is 7.11. The van der Waals surface area contributed by atoms with Crippen molar-refractivity contribution < 1.29 is 14.6 Å². The maximum Gasteiger partial charge on any atom is 0.335 e. The first-order chi connectivity index (χ1) is 10.1. The van der Waals surface area contributed by atoms with Crippen molar-refractivity contribution in [3.05, 3.63) is 64.2 Å². The van der Waals surface area contributed by atoms with Gasteiger partial charge >= 0.3 is 5.97 Å². The van der Waals surface area contributed by atoms with Crippen LogP contribution in [0.5, 0.6) is 5.75 Å². The lowest BCUT2D eigenvalue weighted by molar-refractivity contribution is 0.0696. The lowest BCUT2D eigenvalue weighted by Gasteiger charge is -2.30. The van der Waals surface area contributed by atoms with Gasteiger partial charge in [-0.2, -0.15) is 0 Å². The molecule has 1 atom stereocenters. The Morgan fingerprint density at radius 3 is 2.52 bits per heavy atom. The van der Waals surface area contributed by atoms with E-state index < -0.39 is 5.97 Å². The third-order valence-corrected chi connectivity index (χ3v) is 4.10. The van der Waals surface area contributed by atoms with Crippen molar-refractivity contribution in [3.8, 4) is 5.75 Å². The van der Waals surface area contributed by atoms with Crippen LogP contribution in [0.15, 0.2) is 36.4 Å². The average molecular weight is 282 g/mol.